The molecule has 0 heterocycles. The third kappa shape index (κ3) is 4.17. The van der Waals surface area contributed by atoms with E-state index in [2.05, 4.69) is 15.9 Å². The van der Waals surface area contributed by atoms with E-state index in [0.717, 1.165) is 10.5 Å². The standard InChI is InChI=1S/C8H6BBrF3/c10-8-3-1-2-7(6-8)4-5-9(11,12)13/h1-6H/q-1/b5-4+. The van der Waals surface area contributed by atoms with Gasteiger partial charge in [0.25, 0.3) is 0 Å². The molecule has 0 N–H and O–H groups in total. The zero-order chi connectivity index (χ0) is 9.90. The van der Waals surface area contributed by atoms with Crippen molar-refractivity contribution in [1.29, 1.82) is 0 Å². The fraction of sp³-hybridized carbons (Fsp3) is 0. The minimum Gasteiger partial charge on any atom is -0.445 e. The van der Waals surface area contributed by atoms with Gasteiger partial charge in [0.2, 0.25) is 0 Å². The molecule has 0 saturated carbocycles. The first-order chi connectivity index (χ1) is 5.97. The van der Waals surface area contributed by atoms with Gasteiger partial charge in [0.1, 0.15) is 0 Å². The highest BCUT2D eigenvalue weighted by atomic mass is 79.9. The molecule has 5 heteroatoms. The van der Waals surface area contributed by atoms with Gasteiger partial charge in [0.15, 0.2) is 0 Å². The molecule has 0 aliphatic carbocycles. The zero-order valence-electron chi connectivity index (χ0n) is 6.55. The van der Waals surface area contributed by atoms with Crippen LogP contribution in [0.15, 0.2) is 34.7 Å². The molecular formula is C8H6BBrF3-. The highest BCUT2D eigenvalue weighted by Crippen LogP contribution is 2.16. The summed E-state index contributed by atoms with van der Waals surface area (Å²) in [7, 11) is 0. The minimum atomic E-state index is -4.84. The molecule has 0 unspecified atom stereocenters. The third-order valence-corrected chi connectivity index (χ3v) is 1.85. The van der Waals surface area contributed by atoms with Crippen LogP contribution in [0.2, 0.25) is 0 Å². The second kappa shape index (κ2) is 4.00. The molecule has 0 aliphatic rings. The normalized spacial score (nSPS) is 12.3. The van der Waals surface area contributed by atoms with Crippen molar-refractivity contribution in [3.63, 3.8) is 0 Å². The topological polar surface area (TPSA) is 0 Å². The number of halogens is 4. The second-order valence-corrected chi connectivity index (χ2v) is 3.46. The Kier molecular flexibility index (Phi) is 3.19. The Morgan fingerprint density at radius 2 is 1.92 bits per heavy atom. The van der Waals surface area contributed by atoms with Gasteiger partial charge in [0.05, 0.1) is 0 Å². The molecular weight excluding hydrogens is 244 g/mol. The van der Waals surface area contributed by atoms with Crippen molar-refractivity contribution >= 4 is 29.0 Å². The summed E-state index contributed by atoms with van der Waals surface area (Å²) in [5, 5.41) is 0. The molecule has 0 saturated heterocycles. The fourth-order valence-electron chi connectivity index (χ4n) is 0.830. The van der Waals surface area contributed by atoms with Gasteiger partial charge in [-0.2, -0.15) is 0 Å². The van der Waals surface area contributed by atoms with Crippen LogP contribution in [0.5, 0.6) is 0 Å². The van der Waals surface area contributed by atoms with E-state index in [1.54, 1.807) is 24.3 Å². The van der Waals surface area contributed by atoms with Crippen molar-refractivity contribution in [2.75, 3.05) is 0 Å². The summed E-state index contributed by atoms with van der Waals surface area (Å²) in [6, 6.07) is 6.69. The number of hydrogen-bond donors (Lipinski definition) is 0. The predicted octanol–water partition coefficient (Wildman–Crippen LogP) is 3.85. The lowest BCUT2D eigenvalue weighted by Gasteiger charge is -2.06. The quantitative estimate of drug-likeness (QED) is 0.699. The van der Waals surface area contributed by atoms with Crippen molar-refractivity contribution in [3.8, 4) is 0 Å². The van der Waals surface area contributed by atoms with E-state index in [1.807, 2.05) is 0 Å². The van der Waals surface area contributed by atoms with Crippen LogP contribution in [0.25, 0.3) is 6.08 Å². The Morgan fingerprint density at radius 1 is 1.23 bits per heavy atom. The van der Waals surface area contributed by atoms with Crippen LogP contribution >= 0.6 is 15.9 Å². The van der Waals surface area contributed by atoms with E-state index < -0.39 is 6.98 Å². The Balaban J connectivity index is 2.80. The molecule has 70 valence electrons. The lowest BCUT2D eigenvalue weighted by Crippen LogP contribution is -2.09. The van der Waals surface area contributed by atoms with Crippen LogP contribution in [0, 0.1) is 0 Å². The SMILES string of the molecule is F[B-](F)(F)/C=C/c1cccc(Br)c1. The molecule has 1 aromatic carbocycles. The molecule has 0 fully saturated rings. The van der Waals surface area contributed by atoms with E-state index >= 15 is 0 Å². The molecule has 0 radical (unpaired) electrons. The summed E-state index contributed by atoms with van der Waals surface area (Å²) in [4.78, 5) is 0. The van der Waals surface area contributed by atoms with Crippen LogP contribution in [0.4, 0.5) is 12.9 Å². The van der Waals surface area contributed by atoms with Gasteiger partial charge < -0.3 is 12.9 Å². The largest absolute Gasteiger partial charge is 0.502 e. The molecule has 0 aliphatic heterocycles. The van der Waals surface area contributed by atoms with E-state index in [9.17, 15) is 12.9 Å². The Bertz CT molecular complexity index is 319. The number of benzene rings is 1. The predicted molar refractivity (Wildman–Crippen MR) is 52.3 cm³/mol. The molecule has 13 heavy (non-hydrogen) atoms. The number of rotatable bonds is 2. The second-order valence-electron chi connectivity index (χ2n) is 2.54. The lowest BCUT2D eigenvalue weighted by molar-refractivity contribution is 0.499. The van der Waals surface area contributed by atoms with E-state index in [0.29, 0.717) is 5.56 Å². The molecule has 0 amide bonds. The fourth-order valence-corrected chi connectivity index (χ4v) is 1.25. The first-order valence-electron chi connectivity index (χ1n) is 3.62. The van der Waals surface area contributed by atoms with E-state index in [4.69, 9.17) is 0 Å². The highest BCUT2D eigenvalue weighted by Gasteiger charge is 2.16. The minimum absolute atomic E-state index is 0.280. The molecule has 0 aromatic heterocycles. The summed E-state index contributed by atoms with van der Waals surface area (Å²) in [6.07, 6.45) is 1.06. The molecule has 1 aromatic rings. The summed E-state index contributed by atoms with van der Waals surface area (Å²) in [6.45, 7) is -4.84. The summed E-state index contributed by atoms with van der Waals surface area (Å²) >= 11 is 3.17. The average molecular weight is 250 g/mol. The molecule has 0 nitrogen and oxygen atoms in total. The van der Waals surface area contributed by atoms with Gasteiger partial charge in [0, 0.05) is 4.47 Å². The first kappa shape index (κ1) is 10.4. The molecule has 1 rings (SSSR count). The molecule has 0 bridgehead atoms. The van der Waals surface area contributed by atoms with Crippen molar-refractivity contribution in [1.82, 2.24) is 0 Å². The van der Waals surface area contributed by atoms with Gasteiger partial charge in [-0.1, -0.05) is 34.1 Å². The summed E-state index contributed by atoms with van der Waals surface area (Å²) < 4.78 is 36.2. The van der Waals surface area contributed by atoms with Crippen LogP contribution in [0.3, 0.4) is 0 Å². The average Bonchev–Trinajstić information content (AvgIpc) is 2.00. The monoisotopic (exact) mass is 249 g/mol. The Hall–Kier alpha value is -0.705. The summed E-state index contributed by atoms with van der Waals surface area (Å²) in [5.74, 6) is 0.280. The van der Waals surface area contributed by atoms with Gasteiger partial charge in [-0.25, -0.2) is 0 Å². The Morgan fingerprint density at radius 3 is 2.46 bits per heavy atom. The van der Waals surface area contributed by atoms with Gasteiger partial charge >= 0.3 is 6.98 Å². The van der Waals surface area contributed by atoms with Crippen molar-refractivity contribution < 1.29 is 12.9 Å². The van der Waals surface area contributed by atoms with E-state index in [-0.39, 0.29) is 5.98 Å². The van der Waals surface area contributed by atoms with Gasteiger partial charge in [-0.05, 0) is 17.7 Å². The van der Waals surface area contributed by atoms with Gasteiger partial charge in [-0.3, -0.25) is 0 Å². The van der Waals surface area contributed by atoms with Crippen LogP contribution in [-0.4, -0.2) is 6.98 Å². The summed E-state index contributed by atoms with van der Waals surface area (Å²) in [5.41, 5.74) is 0.536. The maximum absolute atomic E-state index is 11.8. The first-order valence-corrected chi connectivity index (χ1v) is 4.41. The van der Waals surface area contributed by atoms with E-state index in [1.165, 1.54) is 0 Å². The third-order valence-electron chi connectivity index (χ3n) is 1.36. The van der Waals surface area contributed by atoms with Crippen molar-refractivity contribution in [2.24, 2.45) is 0 Å². The highest BCUT2D eigenvalue weighted by molar-refractivity contribution is 9.10. The van der Waals surface area contributed by atoms with Crippen LogP contribution in [-0.2, 0) is 0 Å². The maximum Gasteiger partial charge on any atom is 0.502 e. The zero-order valence-corrected chi connectivity index (χ0v) is 8.14. The van der Waals surface area contributed by atoms with Crippen molar-refractivity contribution in [2.45, 2.75) is 0 Å². The molecule has 0 spiro atoms. The molecule has 0 atom stereocenters. The van der Waals surface area contributed by atoms with Crippen LogP contribution < -0.4 is 0 Å². The Labute approximate surface area is 82.6 Å². The lowest BCUT2D eigenvalue weighted by atomic mass is 9.91. The number of hydrogen-bond acceptors (Lipinski definition) is 0. The smallest absolute Gasteiger partial charge is 0.445 e. The van der Waals surface area contributed by atoms with Gasteiger partial charge in [-0.15, -0.1) is 5.98 Å². The van der Waals surface area contributed by atoms with Crippen molar-refractivity contribution in [3.05, 3.63) is 40.3 Å². The maximum atomic E-state index is 11.8. The van der Waals surface area contributed by atoms with Crippen LogP contribution in [0.1, 0.15) is 5.56 Å².